The highest BCUT2D eigenvalue weighted by Gasteiger charge is 2.29. The van der Waals surface area contributed by atoms with Crippen molar-refractivity contribution in [1.29, 1.82) is 0 Å². The highest BCUT2D eigenvalue weighted by molar-refractivity contribution is 5.48. The third kappa shape index (κ3) is 3.41. The molecule has 0 saturated heterocycles. The van der Waals surface area contributed by atoms with Gasteiger partial charge in [-0.2, -0.15) is 0 Å². The topological polar surface area (TPSA) is 37.4 Å². The fourth-order valence-corrected chi connectivity index (χ4v) is 2.02. The maximum atomic E-state index is 5.18. The third-order valence-electron chi connectivity index (χ3n) is 3.01. The van der Waals surface area contributed by atoms with Crippen molar-refractivity contribution in [1.82, 2.24) is 10.3 Å². The molecular formula is C13H21N3O. The predicted octanol–water partition coefficient (Wildman–Crippen LogP) is 1.42. The Kier molecular flexibility index (Phi) is 4.34. The van der Waals surface area contributed by atoms with Crippen molar-refractivity contribution >= 4 is 5.69 Å². The number of anilines is 1. The average Bonchev–Trinajstić information content (AvgIpc) is 3.15. The lowest BCUT2D eigenvalue weighted by Crippen LogP contribution is -2.29. The fraction of sp³-hybridized carbons (Fsp3) is 0.615. The van der Waals surface area contributed by atoms with Crippen LogP contribution in [0.5, 0.6) is 0 Å². The Labute approximate surface area is 103 Å². The molecule has 4 heteroatoms. The van der Waals surface area contributed by atoms with Gasteiger partial charge in [0, 0.05) is 38.1 Å². The van der Waals surface area contributed by atoms with E-state index in [4.69, 9.17) is 4.74 Å². The van der Waals surface area contributed by atoms with Gasteiger partial charge in [0.2, 0.25) is 0 Å². The lowest BCUT2D eigenvalue weighted by molar-refractivity contribution is 0.205. The number of methoxy groups -OCH3 is 1. The summed E-state index contributed by atoms with van der Waals surface area (Å²) in [5, 5.41) is 3.13. The predicted molar refractivity (Wildman–Crippen MR) is 69.2 cm³/mol. The molecule has 94 valence electrons. The number of nitrogens with zero attached hydrogens (tertiary/aromatic N) is 2. The molecule has 1 aromatic rings. The van der Waals surface area contributed by atoms with E-state index in [0.29, 0.717) is 6.04 Å². The van der Waals surface area contributed by atoms with Crippen LogP contribution in [-0.4, -0.2) is 38.3 Å². The van der Waals surface area contributed by atoms with E-state index < -0.39 is 0 Å². The van der Waals surface area contributed by atoms with Crippen molar-refractivity contribution in [2.24, 2.45) is 0 Å². The summed E-state index contributed by atoms with van der Waals surface area (Å²) >= 11 is 0. The van der Waals surface area contributed by atoms with Gasteiger partial charge >= 0.3 is 0 Å². The lowest BCUT2D eigenvalue weighted by atomic mass is 10.2. The maximum absolute atomic E-state index is 5.18. The van der Waals surface area contributed by atoms with Crippen LogP contribution in [0.25, 0.3) is 0 Å². The first kappa shape index (κ1) is 12.3. The summed E-state index contributed by atoms with van der Waals surface area (Å²) in [6.07, 6.45) is 4.49. The Bertz CT molecular complexity index is 352. The Balaban J connectivity index is 2.08. The smallest absolute Gasteiger partial charge is 0.0637 e. The normalized spacial score (nSPS) is 14.9. The van der Waals surface area contributed by atoms with Gasteiger partial charge in [-0.3, -0.25) is 4.98 Å². The molecule has 0 aromatic carbocycles. The van der Waals surface area contributed by atoms with E-state index in [0.717, 1.165) is 25.4 Å². The zero-order chi connectivity index (χ0) is 12.1. The zero-order valence-electron chi connectivity index (χ0n) is 10.6. The van der Waals surface area contributed by atoms with Crippen LogP contribution in [0.3, 0.4) is 0 Å². The van der Waals surface area contributed by atoms with Crippen LogP contribution < -0.4 is 10.2 Å². The van der Waals surface area contributed by atoms with E-state index in [1.54, 1.807) is 7.11 Å². The quantitative estimate of drug-likeness (QED) is 0.775. The summed E-state index contributed by atoms with van der Waals surface area (Å²) < 4.78 is 5.18. The second kappa shape index (κ2) is 5.98. The maximum Gasteiger partial charge on any atom is 0.0637 e. The Hall–Kier alpha value is -1.13. The average molecular weight is 235 g/mol. The van der Waals surface area contributed by atoms with Crippen molar-refractivity contribution in [2.75, 3.05) is 32.2 Å². The molecule has 4 nitrogen and oxygen atoms in total. The molecular weight excluding hydrogens is 214 g/mol. The third-order valence-corrected chi connectivity index (χ3v) is 3.01. The second-order valence-electron chi connectivity index (χ2n) is 4.45. The van der Waals surface area contributed by atoms with Crippen LogP contribution in [0.2, 0.25) is 0 Å². The van der Waals surface area contributed by atoms with Gasteiger partial charge < -0.3 is 15.0 Å². The van der Waals surface area contributed by atoms with Crippen LogP contribution in [-0.2, 0) is 11.3 Å². The number of nitrogens with one attached hydrogen (secondary N) is 1. The van der Waals surface area contributed by atoms with Crippen LogP contribution in [0.1, 0.15) is 18.5 Å². The van der Waals surface area contributed by atoms with Gasteiger partial charge in [0.15, 0.2) is 0 Å². The highest BCUT2D eigenvalue weighted by atomic mass is 16.5. The van der Waals surface area contributed by atoms with Gasteiger partial charge in [-0.25, -0.2) is 0 Å². The summed E-state index contributed by atoms with van der Waals surface area (Å²) in [5.41, 5.74) is 2.36. The first-order chi connectivity index (χ1) is 8.35. The highest BCUT2D eigenvalue weighted by Crippen LogP contribution is 2.31. The van der Waals surface area contributed by atoms with Gasteiger partial charge in [-0.05, 0) is 32.0 Å². The Morgan fingerprint density at radius 1 is 1.53 bits per heavy atom. The number of rotatable bonds is 7. The first-order valence-corrected chi connectivity index (χ1v) is 6.20. The molecule has 0 spiro atoms. The van der Waals surface area contributed by atoms with E-state index in [1.807, 2.05) is 13.2 Å². The number of hydrogen-bond donors (Lipinski definition) is 1. The van der Waals surface area contributed by atoms with E-state index in [2.05, 4.69) is 27.3 Å². The minimum Gasteiger partial charge on any atom is -0.383 e. The van der Waals surface area contributed by atoms with E-state index >= 15 is 0 Å². The first-order valence-electron chi connectivity index (χ1n) is 6.20. The molecule has 0 amide bonds. The number of aromatic nitrogens is 1. The Morgan fingerprint density at radius 3 is 3.00 bits per heavy atom. The zero-order valence-corrected chi connectivity index (χ0v) is 10.6. The molecule has 1 aliphatic rings. The van der Waals surface area contributed by atoms with Gasteiger partial charge in [-0.1, -0.05) is 0 Å². The van der Waals surface area contributed by atoms with Crippen LogP contribution in [0, 0.1) is 0 Å². The van der Waals surface area contributed by atoms with E-state index in [-0.39, 0.29) is 0 Å². The van der Waals surface area contributed by atoms with Gasteiger partial charge in [0.1, 0.15) is 0 Å². The molecule has 1 aliphatic carbocycles. The molecule has 1 N–H and O–H groups in total. The molecule has 0 unspecified atom stereocenters. The van der Waals surface area contributed by atoms with Crippen LogP contribution >= 0.6 is 0 Å². The molecule has 0 bridgehead atoms. The standard InChI is InChI=1S/C13H21N3O/c1-14-10-11-9-13(5-6-15-11)16(7-8-17-2)12-3-4-12/h5-6,9,12,14H,3-4,7-8,10H2,1-2H3. The van der Waals surface area contributed by atoms with Crippen molar-refractivity contribution in [2.45, 2.75) is 25.4 Å². The minimum absolute atomic E-state index is 0.704. The minimum atomic E-state index is 0.704. The SMILES string of the molecule is CNCc1cc(N(CCOC)C2CC2)ccn1. The van der Waals surface area contributed by atoms with Crippen LogP contribution in [0.4, 0.5) is 5.69 Å². The number of pyridine rings is 1. The molecule has 1 fully saturated rings. The molecule has 17 heavy (non-hydrogen) atoms. The summed E-state index contributed by atoms with van der Waals surface area (Å²) in [5.74, 6) is 0. The van der Waals surface area contributed by atoms with Crippen molar-refractivity contribution in [3.8, 4) is 0 Å². The summed E-state index contributed by atoms with van der Waals surface area (Å²) in [7, 11) is 3.70. The largest absolute Gasteiger partial charge is 0.383 e. The van der Waals surface area contributed by atoms with Crippen LogP contribution in [0.15, 0.2) is 18.3 Å². The Morgan fingerprint density at radius 2 is 2.35 bits per heavy atom. The molecule has 1 heterocycles. The molecule has 0 aliphatic heterocycles. The number of ether oxygens (including phenoxy) is 1. The second-order valence-corrected chi connectivity index (χ2v) is 4.45. The molecule has 0 atom stereocenters. The van der Waals surface area contributed by atoms with Gasteiger partial charge in [0.25, 0.3) is 0 Å². The summed E-state index contributed by atoms with van der Waals surface area (Å²) in [4.78, 5) is 6.79. The molecule has 2 rings (SSSR count). The summed E-state index contributed by atoms with van der Waals surface area (Å²) in [6, 6.07) is 4.97. The van der Waals surface area contributed by atoms with E-state index in [1.165, 1.54) is 18.5 Å². The fourth-order valence-electron chi connectivity index (χ4n) is 2.02. The van der Waals surface area contributed by atoms with Crippen molar-refractivity contribution in [3.63, 3.8) is 0 Å². The molecule has 0 radical (unpaired) electrons. The monoisotopic (exact) mass is 235 g/mol. The molecule has 1 aromatic heterocycles. The number of hydrogen-bond acceptors (Lipinski definition) is 4. The van der Waals surface area contributed by atoms with E-state index in [9.17, 15) is 0 Å². The van der Waals surface area contributed by atoms with Crippen molar-refractivity contribution < 1.29 is 4.74 Å². The lowest BCUT2D eigenvalue weighted by Gasteiger charge is -2.24. The van der Waals surface area contributed by atoms with Gasteiger partial charge in [0.05, 0.1) is 12.3 Å². The summed E-state index contributed by atoms with van der Waals surface area (Å²) in [6.45, 7) is 2.56. The van der Waals surface area contributed by atoms with Crippen molar-refractivity contribution in [3.05, 3.63) is 24.0 Å². The molecule has 1 saturated carbocycles. The van der Waals surface area contributed by atoms with Gasteiger partial charge in [-0.15, -0.1) is 0 Å².